The number of amides is 1. The van der Waals surface area contributed by atoms with Crippen molar-refractivity contribution in [3.8, 4) is 6.07 Å². The van der Waals surface area contributed by atoms with Crippen LogP contribution < -0.4 is 9.80 Å². The monoisotopic (exact) mass is 529 g/mol. The van der Waals surface area contributed by atoms with E-state index in [-0.39, 0.29) is 11.9 Å². The van der Waals surface area contributed by atoms with Gasteiger partial charge in [-0.05, 0) is 55.3 Å². The van der Waals surface area contributed by atoms with Gasteiger partial charge in [0, 0.05) is 70.2 Å². The molecule has 0 saturated carbocycles. The zero-order valence-electron chi connectivity index (χ0n) is 21.8. The van der Waals surface area contributed by atoms with Gasteiger partial charge in [0.2, 0.25) is 0 Å². The number of pyridine rings is 2. The molecule has 2 aromatic heterocycles. The molecule has 0 unspecified atom stereocenters. The highest BCUT2D eigenvalue weighted by Gasteiger charge is 2.30. The van der Waals surface area contributed by atoms with Crippen LogP contribution in [0.15, 0.2) is 54.7 Å². The maximum atomic E-state index is 13.7. The minimum Gasteiger partial charge on any atom is -0.353 e. The SMILES string of the molecule is Cc1ccc(CN2CCN(c3ncccc3Cl)CC2)cc1C(=O)N1CCN(c2cccc(C#N)n2)C[C@@H]1C. The molecule has 4 heterocycles. The number of aromatic nitrogens is 2. The Labute approximate surface area is 229 Å². The van der Waals surface area contributed by atoms with Crippen molar-refractivity contribution < 1.29 is 4.79 Å². The molecule has 2 aliphatic rings. The Morgan fingerprint density at radius 2 is 1.84 bits per heavy atom. The standard InChI is InChI=1S/C29H32ClN7O/c1-21-8-9-23(20-34-11-13-35(14-12-34)28-26(30)6-4-10-32-28)17-25(21)29(38)37-16-15-36(19-22(37)2)27-7-3-5-24(18-31)33-27/h3-10,17,22H,11-16,19-20H2,1-2H3/t22-/m0/s1. The summed E-state index contributed by atoms with van der Waals surface area (Å²) in [5.74, 6) is 1.70. The third-order valence-corrected chi connectivity index (χ3v) is 7.71. The van der Waals surface area contributed by atoms with Crippen molar-refractivity contribution in [3.63, 3.8) is 0 Å². The van der Waals surface area contributed by atoms with E-state index in [1.165, 1.54) is 0 Å². The number of benzene rings is 1. The van der Waals surface area contributed by atoms with Crippen LogP contribution in [0.1, 0.15) is 34.1 Å². The number of nitriles is 1. The fourth-order valence-electron chi connectivity index (χ4n) is 5.27. The van der Waals surface area contributed by atoms with Gasteiger partial charge in [0.15, 0.2) is 0 Å². The van der Waals surface area contributed by atoms with E-state index in [1.54, 1.807) is 12.3 Å². The second-order valence-corrected chi connectivity index (χ2v) is 10.4. The number of carbonyl (C=O) groups excluding carboxylic acids is 1. The Morgan fingerprint density at radius 3 is 2.58 bits per heavy atom. The first-order chi connectivity index (χ1) is 18.4. The van der Waals surface area contributed by atoms with Gasteiger partial charge in [-0.1, -0.05) is 29.8 Å². The number of rotatable bonds is 5. The van der Waals surface area contributed by atoms with E-state index < -0.39 is 0 Å². The summed E-state index contributed by atoms with van der Waals surface area (Å²) < 4.78 is 0. The molecule has 0 N–H and O–H groups in total. The van der Waals surface area contributed by atoms with Gasteiger partial charge in [-0.3, -0.25) is 9.69 Å². The molecule has 0 spiro atoms. The van der Waals surface area contributed by atoms with Crippen molar-refractivity contribution >= 4 is 29.1 Å². The molecule has 0 bridgehead atoms. The molecular weight excluding hydrogens is 498 g/mol. The van der Waals surface area contributed by atoms with Crippen molar-refractivity contribution in [3.05, 3.63) is 82.1 Å². The third kappa shape index (κ3) is 5.59. The van der Waals surface area contributed by atoms with Crippen LogP contribution in [0.4, 0.5) is 11.6 Å². The zero-order valence-corrected chi connectivity index (χ0v) is 22.6. The number of anilines is 2. The molecule has 2 fully saturated rings. The molecule has 3 aromatic rings. The second-order valence-electron chi connectivity index (χ2n) is 10.0. The lowest BCUT2D eigenvalue weighted by Gasteiger charge is -2.40. The van der Waals surface area contributed by atoms with Crippen LogP contribution >= 0.6 is 11.6 Å². The lowest BCUT2D eigenvalue weighted by Crippen LogP contribution is -2.54. The first-order valence-electron chi connectivity index (χ1n) is 13.0. The van der Waals surface area contributed by atoms with Gasteiger partial charge in [0.25, 0.3) is 5.91 Å². The van der Waals surface area contributed by atoms with E-state index in [2.05, 4.69) is 55.9 Å². The summed E-state index contributed by atoms with van der Waals surface area (Å²) in [7, 11) is 0. The maximum Gasteiger partial charge on any atom is 0.254 e. The summed E-state index contributed by atoms with van der Waals surface area (Å²) in [5.41, 5.74) is 3.31. The van der Waals surface area contributed by atoms with Crippen molar-refractivity contribution in [2.75, 3.05) is 55.6 Å². The average Bonchev–Trinajstić information content (AvgIpc) is 2.94. The van der Waals surface area contributed by atoms with Crippen LogP contribution in [-0.2, 0) is 6.54 Å². The summed E-state index contributed by atoms with van der Waals surface area (Å²) in [5, 5.41) is 9.86. The van der Waals surface area contributed by atoms with E-state index in [0.717, 1.165) is 61.0 Å². The molecule has 8 nitrogen and oxygen atoms in total. The Morgan fingerprint density at radius 1 is 1.05 bits per heavy atom. The summed E-state index contributed by atoms with van der Waals surface area (Å²) in [6.45, 7) is 10.4. The molecular formula is C29H32ClN7O. The fourth-order valence-corrected chi connectivity index (χ4v) is 5.51. The van der Waals surface area contributed by atoms with Crippen molar-refractivity contribution in [1.29, 1.82) is 5.26 Å². The fraction of sp³-hybridized carbons (Fsp3) is 0.379. The number of nitrogens with zero attached hydrogens (tertiary/aromatic N) is 7. The molecule has 0 radical (unpaired) electrons. The number of hydrogen-bond acceptors (Lipinski definition) is 7. The third-order valence-electron chi connectivity index (χ3n) is 7.41. The minimum atomic E-state index is 0.0262. The number of aryl methyl sites for hydroxylation is 1. The van der Waals surface area contributed by atoms with Gasteiger partial charge in [0.05, 0.1) is 5.02 Å². The van der Waals surface area contributed by atoms with E-state index in [9.17, 15) is 10.1 Å². The highest BCUT2D eigenvalue weighted by Crippen LogP contribution is 2.25. The molecule has 38 heavy (non-hydrogen) atoms. The topological polar surface area (TPSA) is 79.6 Å². The summed E-state index contributed by atoms with van der Waals surface area (Å²) >= 11 is 6.34. The van der Waals surface area contributed by atoms with Gasteiger partial charge >= 0.3 is 0 Å². The molecule has 9 heteroatoms. The molecule has 2 saturated heterocycles. The Hall–Kier alpha value is -3.67. The summed E-state index contributed by atoms with van der Waals surface area (Å²) in [6.07, 6.45) is 1.78. The van der Waals surface area contributed by atoms with Crippen LogP contribution in [-0.4, -0.2) is 77.5 Å². The molecule has 2 aliphatic heterocycles. The summed E-state index contributed by atoms with van der Waals surface area (Å²) in [6, 6.07) is 17.6. The van der Waals surface area contributed by atoms with Crippen LogP contribution in [0.3, 0.4) is 0 Å². The molecule has 5 rings (SSSR count). The predicted molar refractivity (Wildman–Crippen MR) is 150 cm³/mol. The van der Waals surface area contributed by atoms with Crippen molar-refractivity contribution in [2.45, 2.75) is 26.4 Å². The number of piperazine rings is 2. The number of carbonyl (C=O) groups is 1. The van der Waals surface area contributed by atoms with Gasteiger partial charge in [-0.2, -0.15) is 5.26 Å². The minimum absolute atomic E-state index is 0.0262. The zero-order chi connectivity index (χ0) is 26.6. The molecule has 196 valence electrons. The lowest BCUT2D eigenvalue weighted by atomic mass is 10.0. The van der Waals surface area contributed by atoms with E-state index >= 15 is 0 Å². The molecule has 1 aromatic carbocycles. The van der Waals surface area contributed by atoms with Gasteiger partial charge < -0.3 is 14.7 Å². The highest BCUT2D eigenvalue weighted by atomic mass is 35.5. The Kier molecular flexibility index (Phi) is 7.77. The Balaban J connectivity index is 1.22. The van der Waals surface area contributed by atoms with Crippen LogP contribution in [0, 0.1) is 18.3 Å². The largest absolute Gasteiger partial charge is 0.353 e. The maximum absolute atomic E-state index is 13.7. The first kappa shape index (κ1) is 26.0. The molecule has 1 amide bonds. The van der Waals surface area contributed by atoms with Gasteiger partial charge in [-0.25, -0.2) is 9.97 Å². The van der Waals surface area contributed by atoms with Crippen LogP contribution in [0.2, 0.25) is 5.02 Å². The van der Waals surface area contributed by atoms with E-state index in [0.29, 0.717) is 30.4 Å². The second kappa shape index (κ2) is 11.4. The van der Waals surface area contributed by atoms with Gasteiger partial charge in [-0.15, -0.1) is 0 Å². The average molecular weight is 530 g/mol. The van der Waals surface area contributed by atoms with Gasteiger partial charge in [0.1, 0.15) is 23.4 Å². The summed E-state index contributed by atoms with van der Waals surface area (Å²) in [4.78, 5) is 31.3. The van der Waals surface area contributed by atoms with Crippen LogP contribution in [0.25, 0.3) is 0 Å². The first-order valence-corrected chi connectivity index (χ1v) is 13.4. The Bertz CT molecular complexity index is 1350. The highest BCUT2D eigenvalue weighted by molar-refractivity contribution is 6.32. The van der Waals surface area contributed by atoms with E-state index in [1.807, 2.05) is 36.1 Å². The smallest absolute Gasteiger partial charge is 0.254 e. The van der Waals surface area contributed by atoms with E-state index in [4.69, 9.17) is 11.6 Å². The molecule has 1 atom stereocenters. The number of halogens is 1. The lowest BCUT2D eigenvalue weighted by molar-refractivity contribution is 0.0672. The molecule has 0 aliphatic carbocycles. The van der Waals surface area contributed by atoms with Crippen molar-refractivity contribution in [2.24, 2.45) is 0 Å². The normalized spacial score (nSPS) is 18.4. The quantitative estimate of drug-likeness (QED) is 0.494. The van der Waals surface area contributed by atoms with Crippen molar-refractivity contribution in [1.82, 2.24) is 19.8 Å². The number of hydrogen-bond donors (Lipinski definition) is 0. The van der Waals surface area contributed by atoms with Crippen LogP contribution in [0.5, 0.6) is 0 Å². The predicted octanol–water partition coefficient (Wildman–Crippen LogP) is 3.98.